The van der Waals surface area contributed by atoms with Crippen molar-refractivity contribution in [2.24, 2.45) is 7.05 Å². The number of anilines is 2. The predicted molar refractivity (Wildman–Crippen MR) is 154 cm³/mol. The van der Waals surface area contributed by atoms with Crippen molar-refractivity contribution < 1.29 is 9.53 Å². The van der Waals surface area contributed by atoms with Crippen LogP contribution in [0.5, 0.6) is 11.5 Å². The monoisotopic (exact) mass is 576 g/mol. The van der Waals surface area contributed by atoms with Gasteiger partial charge in [-0.05, 0) is 69.2 Å². The number of ether oxygens (including phenoxy) is 1. The number of rotatable bonds is 8. The van der Waals surface area contributed by atoms with Crippen molar-refractivity contribution in [2.75, 3.05) is 18.4 Å². The summed E-state index contributed by atoms with van der Waals surface area (Å²) in [6, 6.07) is 18.2. The van der Waals surface area contributed by atoms with Crippen molar-refractivity contribution in [2.45, 2.75) is 45.2 Å². The first-order valence-electron chi connectivity index (χ1n) is 13.0. The van der Waals surface area contributed by atoms with Gasteiger partial charge < -0.3 is 19.9 Å². The van der Waals surface area contributed by atoms with E-state index >= 15 is 0 Å². The number of hydrogen-bond donors (Lipinski definition) is 2. The maximum absolute atomic E-state index is 12.8. The quantitative estimate of drug-likeness (QED) is 0.257. The second-order valence-electron chi connectivity index (χ2n) is 9.88. The number of hydrogen-bond acceptors (Lipinski definition) is 6. The topological polar surface area (TPSA) is 84.3 Å². The zero-order valence-electron chi connectivity index (χ0n) is 21.9. The van der Waals surface area contributed by atoms with Crippen LogP contribution in [-0.2, 0) is 7.05 Å². The van der Waals surface area contributed by atoms with Crippen LogP contribution in [0.4, 0.5) is 11.6 Å². The molecule has 0 radical (unpaired) electrons. The third-order valence-corrected chi connectivity index (χ3v) is 7.71. The molecule has 1 aliphatic heterocycles. The molecule has 1 saturated heterocycles. The lowest BCUT2D eigenvalue weighted by molar-refractivity contribution is 0.0885. The highest BCUT2D eigenvalue weighted by Gasteiger charge is 2.24. The Morgan fingerprint density at radius 2 is 1.79 bits per heavy atom. The second kappa shape index (κ2) is 11.5. The van der Waals surface area contributed by atoms with Gasteiger partial charge in [-0.1, -0.05) is 22.4 Å². The highest BCUT2D eigenvalue weighted by molar-refractivity contribution is 9.10. The molecular formula is C29H33BrN6O2. The molecule has 3 heterocycles. The Hall–Kier alpha value is -3.43. The lowest BCUT2D eigenvalue weighted by Crippen LogP contribution is -2.47. The molecule has 38 heavy (non-hydrogen) atoms. The molecule has 1 fully saturated rings. The molecule has 9 heteroatoms. The number of nitrogens with zero attached hydrogens (tertiary/aromatic N) is 4. The molecule has 0 saturated carbocycles. The Bertz CT molecular complexity index is 1410. The van der Waals surface area contributed by atoms with Gasteiger partial charge in [0.05, 0.1) is 11.0 Å². The minimum atomic E-state index is -0.198. The van der Waals surface area contributed by atoms with E-state index in [4.69, 9.17) is 9.72 Å². The Morgan fingerprint density at radius 3 is 2.55 bits per heavy atom. The number of pyridine rings is 1. The van der Waals surface area contributed by atoms with Crippen molar-refractivity contribution in [3.05, 3.63) is 71.0 Å². The minimum Gasteiger partial charge on any atom is -0.457 e. The molecule has 198 valence electrons. The van der Waals surface area contributed by atoms with Gasteiger partial charge in [-0.15, -0.1) is 0 Å². The third-order valence-electron chi connectivity index (χ3n) is 7.18. The van der Waals surface area contributed by atoms with Crippen LogP contribution in [0.2, 0.25) is 0 Å². The number of nitrogens with one attached hydrogen (secondary N) is 2. The fourth-order valence-electron chi connectivity index (χ4n) is 5.06. The molecule has 1 amide bonds. The van der Waals surface area contributed by atoms with E-state index in [0.717, 1.165) is 33.7 Å². The Morgan fingerprint density at radius 1 is 1.05 bits per heavy atom. The Kier molecular flexibility index (Phi) is 7.95. The molecule has 2 unspecified atom stereocenters. The highest BCUT2D eigenvalue weighted by atomic mass is 79.9. The molecular weight excluding hydrogens is 544 g/mol. The summed E-state index contributed by atoms with van der Waals surface area (Å²) >= 11 is 3.46. The first-order valence-corrected chi connectivity index (χ1v) is 13.8. The summed E-state index contributed by atoms with van der Waals surface area (Å²) in [6.45, 7) is 5.96. The smallest absolute Gasteiger partial charge is 0.270 e. The number of aromatic nitrogens is 3. The van der Waals surface area contributed by atoms with Crippen LogP contribution in [-0.4, -0.2) is 50.5 Å². The van der Waals surface area contributed by atoms with Gasteiger partial charge in [-0.25, -0.2) is 4.98 Å². The van der Waals surface area contributed by atoms with Crippen LogP contribution in [0.1, 0.15) is 43.6 Å². The summed E-state index contributed by atoms with van der Waals surface area (Å²) in [5.74, 6) is 1.72. The number of halogens is 1. The maximum Gasteiger partial charge on any atom is 0.270 e. The largest absolute Gasteiger partial charge is 0.457 e. The summed E-state index contributed by atoms with van der Waals surface area (Å²) in [6.07, 6.45) is 5.30. The van der Waals surface area contributed by atoms with Gasteiger partial charge in [0.25, 0.3) is 5.91 Å². The number of likely N-dealkylation sites (tertiary alicyclic amines) is 1. The SMILES string of the molecule is CC1CCCC(C)N1CCNC(=O)c1cc(Oc2ccc3c(c2)nc(Nc2ccc(Br)cc2)n3C)ccn1. The number of carbonyl (C=O) groups excluding carboxylic acids is 1. The average Bonchev–Trinajstić information content (AvgIpc) is 3.21. The molecule has 2 aromatic carbocycles. The standard InChI is InChI=1S/C29H33BrN6O2/c1-19-5-4-6-20(2)36(19)16-15-32-28(37)26-18-24(13-14-31-26)38-23-11-12-27-25(17-23)34-29(35(27)3)33-22-9-7-21(30)8-10-22/h7-14,17-20H,4-6,15-16H2,1-3H3,(H,32,37)(H,33,34). The number of benzene rings is 2. The van der Waals surface area contributed by atoms with E-state index in [1.807, 2.05) is 54.1 Å². The van der Waals surface area contributed by atoms with Crippen molar-refractivity contribution in [3.8, 4) is 11.5 Å². The summed E-state index contributed by atoms with van der Waals surface area (Å²) in [7, 11) is 1.97. The first-order chi connectivity index (χ1) is 18.4. The lowest BCUT2D eigenvalue weighted by atomic mass is 9.98. The van der Waals surface area contributed by atoms with Crippen LogP contribution in [0.15, 0.2) is 65.3 Å². The van der Waals surface area contributed by atoms with E-state index in [1.165, 1.54) is 19.3 Å². The number of imidazole rings is 1. The Balaban J connectivity index is 1.23. The molecule has 4 aromatic rings. The molecule has 2 N–H and O–H groups in total. The van der Waals surface area contributed by atoms with Crippen LogP contribution >= 0.6 is 15.9 Å². The lowest BCUT2D eigenvalue weighted by Gasteiger charge is -2.39. The van der Waals surface area contributed by atoms with Crippen molar-refractivity contribution in [1.82, 2.24) is 24.8 Å². The molecule has 8 nitrogen and oxygen atoms in total. The van der Waals surface area contributed by atoms with Gasteiger partial charge >= 0.3 is 0 Å². The van der Waals surface area contributed by atoms with E-state index in [2.05, 4.69) is 50.3 Å². The molecule has 0 aliphatic carbocycles. The second-order valence-corrected chi connectivity index (χ2v) is 10.8. The molecule has 2 aromatic heterocycles. The van der Waals surface area contributed by atoms with Gasteiger partial charge in [0.15, 0.2) is 0 Å². The van der Waals surface area contributed by atoms with Crippen LogP contribution < -0.4 is 15.4 Å². The molecule has 0 spiro atoms. The molecule has 5 rings (SSSR count). The Labute approximate surface area is 231 Å². The summed E-state index contributed by atoms with van der Waals surface area (Å²) in [4.78, 5) is 24.2. The number of aryl methyl sites for hydroxylation is 1. The minimum absolute atomic E-state index is 0.198. The number of carbonyl (C=O) groups is 1. The first kappa shape index (κ1) is 26.2. The zero-order chi connectivity index (χ0) is 26.6. The van der Waals surface area contributed by atoms with E-state index in [1.54, 1.807) is 18.3 Å². The summed E-state index contributed by atoms with van der Waals surface area (Å²) in [5.41, 5.74) is 3.06. The van der Waals surface area contributed by atoms with Gasteiger partial charge in [-0.3, -0.25) is 14.7 Å². The van der Waals surface area contributed by atoms with Crippen LogP contribution in [0.25, 0.3) is 11.0 Å². The summed E-state index contributed by atoms with van der Waals surface area (Å²) < 4.78 is 9.11. The number of amides is 1. The molecule has 1 aliphatic rings. The van der Waals surface area contributed by atoms with E-state index in [-0.39, 0.29) is 5.91 Å². The van der Waals surface area contributed by atoms with Gasteiger partial charge in [0.2, 0.25) is 5.95 Å². The van der Waals surface area contributed by atoms with E-state index in [0.29, 0.717) is 35.8 Å². The average molecular weight is 578 g/mol. The normalized spacial score (nSPS) is 17.9. The van der Waals surface area contributed by atoms with Gasteiger partial charge in [0.1, 0.15) is 17.2 Å². The fourth-order valence-corrected chi connectivity index (χ4v) is 5.32. The number of piperidine rings is 1. The molecule has 0 bridgehead atoms. The van der Waals surface area contributed by atoms with E-state index in [9.17, 15) is 4.79 Å². The van der Waals surface area contributed by atoms with Crippen molar-refractivity contribution in [1.29, 1.82) is 0 Å². The van der Waals surface area contributed by atoms with Crippen LogP contribution in [0, 0.1) is 0 Å². The summed E-state index contributed by atoms with van der Waals surface area (Å²) in [5, 5.41) is 6.37. The maximum atomic E-state index is 12.8. The van der Waals surface area contributed by atoms with Crippen LogP contribution in [0.3, 0.4) is 0 Å². The van der Waals surface area contributed by atoms with Crippen molar-refractivity contribution >= 4 is 44.5 Å². The van der Waals surface area contributed by atoms with Gasteiger partial charge in [0, 0.05) is 60.7 Å². The highest BCUT2D eigenvalue weighted by Crippen LogP contribution is 2.28. The van der Waals surface area contributed by atoms with Crippen molar-refractivity contribution in [3.63, 3.8) is 0 Å². The zero-order valence-corrected chi connectivity index (χ0v) is 23.5. The predicted octanol–water partition coefficient (Wildman–Crippen LogP) is 6.26. The van der Waals surface area contributed by atoms with Gasteiger partial charge in [-0.2, -0.15) is 0 Å². The third kappa shape index (κ3) is 6.00. The number of fused-ring (bicyclic) bond motifs is 1. The van der Waals surface area contributed by atoms with E-state index < -0.39 is 0 Å². The fraction of sp³-hybridized carbons (Fsp3) is 0.345. The molecule has 2 atom stereocenters.